The van der Waals surface area contributed by atoms with Crippen LogP contribution >= 0.6 is 15.9 Å². The molecular weight excluding hydrogens is 318 g/mol. The molecule has 0 saturated carbocycles. The summed E-state index contributed by atoms with van der Waals surface area (Å²) < 4.78 is 30.3. The van der Waals surface area contributed by atoms with E-state index < -0.39 is 9.84 Å². The van der Waals surface area contributed by atoms with Gasteiger partial charge < -0.3 is 10.5 Å². The van der Waals surface area contributed by atoms with Crippen molar-refractivity contribution in [3.63, 3.8) is 0 Å². The fourth-order valence-electron chi connectivity index (χ4n) is 1.57. The first kappa shape index (κ1) is 15.6. The Balaban J connectivity index is 2.70. The predicted octanol–water partition coefficient (Wildman–Crippen LogP) is 1.98. The highest BCUT2D eigenvalue weighted by Crippen LogP contribution is 2.18. The molecule has 0 aromatic heterocycles. The Kier molecular flexibility index (Phi) is 6.28. The average Bonchev–Trinajstić information content (AvgIpc) is 2.34. The van der Waals surface area contributed by atoms with Crippen LogP contribution in [-0.2, 0) is 14.6 Å². The van der Waals surface area contributed by atoms with Crippen LogP contribution < -0.4 is 5.73 Å². The largest absolute Gasteiger partial charge is 0.377 e. The van der Waals surface area contributed by atoms with Crippen molar-refractivity contribution in [2.75, 3.05) is 18.9 Å². The lowest BCUT2D eigenvalue weighted by Crippen LogP contribution is -2.26. The first-order valence-electron chi connectivity index (χ1n) is 5.79. The summed E-state index contributed by atoms with van der Waals surface area (Å²) >= 11 is 3.26. The second-order valence-corrected chi connectivity index (χ2v) is 6.90. The van der Waals surface area contributed by atoms with Gasteiger partial charge in [0.05, 0.1) is 16.8 Å². The van der Waals surface area contributed by atoms with E-state index in [1.54, 1.807) is 24.3 Å². The van der Waals surface area contributed by atoms with Crippen LogP contribution in [0.3, 0.4) is 0 Å². The normalized spacial score (nSPS) is 13.5. The molecule has 1 aromatic carbocycles. The molecule has 2 N–H and O–H groups in total. The maximum absolute atomic E-state index is 12.1. The molecule has 18 heavy (non-hydrogen) atoms. The van der Waals surface area contributed by atoms with E-state index in [-0.39, 0.29) is 11.9 Å². The van der Waals surface area contributed by atoms with Crippen LogP contribution in [0, 0.1) is 0 Å². The van der Waals surface area contributed by atoms with Gasteiger partial charge in [-0.3, -0.25) is 0 Å². The first-order valence-corrected chi connectivity index (χ1v) is 8.24. The van der Waals surface area contributed by atoms with E-state index >= 15 is 0 Å². The third-order valence-corrected chi connectivity index (χ3v) is 4.77. The molecule has 0 aliphatic carbocycles. The molecule has 1 unspecified atom stereocenters. The maximum Gasteiger partial charge on any atom is 0.178 e. The van der Waals surface area contributed by atoms with Gasteiger partial charge in [-0.15, -0.1) is 0 Å². The molecule has 1 atom stereocenters. The molecule has 0 saturated heterocycles. The van der Waals surface area contributed by atoms with Gasteiger partial charge in [-0.2, -0.15) is 0 Å². The van der Waals surface area contributed by atoms with Crippen molar-refractivity contribution < 1.29 is 13.2 Å². The molecular formula is C12H18BrNO3S. The third-order valence-electron chi connectivity index (χ3n) is 2.53. The van der Waals surface area contributed by atoms with E-state index in [9.17, 15) is 8.42 Å². The van der Waals surface area contributed by atoms with Crippen molar-refractivity contribution in [2.24, 2.45) is 5.73 Å². The SMILES string of the molecule is CCOC(CN)CCS(=O)(=O)c1cccc(Br)c1. The zero-order valence-corrected chi connectivity index (χ0v) is 12.7. The molecule has 102 valence electrons. The zero-order valence-electron chi connectivity index (χ0n) is 10.3. The lowest BCUT2D eigenvalue weighted by molar-refractivity contribution is 0.0671. The van der Waals surface area contributed by atoms with Crippen molar-refractivity contribution in [1.29, 1.82) is 0 Å². The van der Waals surface area contributed by atoms with Crippen molar-refractivity contribution in [2.45, 2.75) is 24.3 Å². The van der Waals surface area contributed by atoms with Crippen LogP contribution in [0.1, 0.15) is 13.3 Å². The minimum absolute atomic E-state index is 0.0469. The molecule has 1 aromatic rings. The van der Waals surface area contributed by atoms with Gasteiger partial charge in [0, 0.05) is 17.6 Å². The minimum Gasteiger partial charge on any atom is -0.377 e. The number of hydrogen-bond acceptors (Lipinski definition) is 4. The fourth-order valence-corrected chi connectivity index (χ4v) is 3.52. The Morgan fingerprint density at radius 3 is 2.72 bits per heavy atom. The molecule has 0 heterocycles. The number of benzene rings is 1. The molecule has 4 nitrogen and oxygen atoms in total. The van der Waals surface area contributed by atoms with Gasteiger partial charge in [-0.1, -0.05) is 22.0 Å². The monoisotopic (exact) mass is 335 g/mol. The second-order valence-electron chi connectivity index (χ2n) is 3.88. The van der Waals surface area contributed by atoms with Crippen molar-refractivity contribution >= 4 is 25.8 Å². The van der Waals surface area contributed by atoms with E-state index in [4.69, 9.17) is 10.5 Å². The van der Waals surface area contributed by atoms with Gasteiger partial charge >= 0.3 is 0 Å². The van der Waals surface area contributed by atoms with E-state index in [0.29, 0.717) is 24.5 Å². The Bertz CT molecular complexity index is 476. The summed E-state index contributed by atoms with van der Waals surface area (Å²) in [4.78, 5) is 0.323. The molecule has 0 spiro atoms. The quantitative estimate of drug-likeness (QED) is 0.827. The van der Waals surface area contributed by atoms with Gasteiger partial charge in [0.25, 0.3) is 0 Å². The molecule has 6 heteroatoms. The highest BCUT2D eigenvalue weighted by atomic mass is 79.9. The summed E-state index contributed by atoms with van der Waals surface area (Å²) in [7, 11) is -3.27. The van der Waals surface area contributed by atoms with Gasteiger partial charge in [-0.25, -0.2) is 8.42 Å². The van der Waals surface area contributed by atoms with Crippen molar-refractivity contribution in [1.82, 2.24) is 0 Å². The van der Waals surface area contributed by atoms with E-state index in [2.05, 4.69) is 15.9 Å². The van der Waals surface area contributed by atoms with Crippen LogP contribution in [0.5, 0.6) is 0 Å². The number of rotatable bonds is 7. The molecule has 0 aliphatic heterocycles. The summed E-state index contributed by atoms with van der Waals surface area (Å²) in [5, 5.41) is 0. The highest BCUT2D eigenvalue weighted by molar-refractivity contribution is 9.10. The molecule has 0 fully saturated rings. The van der Waals surface area contributed by atoms with Crippen molar-refractivity contribution in [3.05, 3.63) is 28.7 Å². The van der Waals surface area contributed by atoms with Gasteiger partial charge in [0.2, 0.25) is 0 Å². The standard InChI is InChI=1S/C12H18BrNO3S/c1-2-17-11(9-14)6-7-18(15,16)12-5-3-4-10(13)8-12/h3-5,8,11H,2,6-7,9,14H2,1H3. The summed E-state index contributed by atoms with van der Waals surface area (Å²) in [5.74, 6) is 0.0469. The highest BCUT2D eigenvalue weighted by Gasteiger charge is 2.17. The minimum atomic E-state index is -3.27. The molecule has 0 amide bonds. The summed E-state index contributed by atoms with van der Waals surface area (Å²) in [6.07, 6.45) is 0.219. The lowest BCUT2D eigenvalue weighted by atomic mass is 10.3. The Morgan fingerprint density at radius 2 is 2.17 bits per heavy atom. The van der Waals surface area contributed by atoms with Crippen LogP contribution in [0.2, 0.25) is 0 Å². The number of ether oxygens (including phenoxy) is 1. The number of nitrogens with two attached hydrogens (primary N) is 1. The summed E-state index contributed by atoms with van der Waals surface area (Å²) in [6, 6.07) is 6.70. The van der Waals surface area contributed by atoms with Gasteiger partial charge in [0.15, 0.2) is 9.84 Å². The second kappa shape index (κ2) is 7.23. The Morgan fingerprint density at radius 1 is 1.44 bits per heavy atom. The van der Waals surface area contributed by atoms with Crippen LogP contribution in [0.4, 0.5) is 0 Å². The predicted molar refractivity (Wildman–Crippen MR) is 75.3 cm³/mol. The molecule has 0 bridgehead atoms. The average molecular weight is 336 g/mol. The zero-order chi connectivity index (χ0) is 13.6. The van der Waals surface area contributed by atoms with Crippen LogP contribution in [0.25, 0.3) is 0 Å². The molecule has 1 rings (SSSR count). The first-order chi connectivity index (χ1) is 8.49. The molecule has 0 aliphatic rings. The molecule has 0 radical (unpaired) electrons. The third kappa shape index (κ3) is 4.68. The maximum atomic E-state index is 12.1. The lowest BCUT2D eigenvalue weighted by Gasteiger charge is -2.14. The topological polar surface area (TPSA) is 69.4 Å². The fraction of sp³-hybridized carbons (Fsp3) is 0.500. The Hall–Kier alpha value is -0.430. The van der Waals surface area contributed by atoms with Gasteiger partial charge in [-0.05, 0) is 31.5 Å². The number of hydrogen-bond donors (Lipinski definition) is 1. The summed E-state index contributed by atoms with van der Waals surface area (Å²) in [6.45, 7) is 2.74. The van der Waals surface area contributed by atoms with Gasteiger partial charge in [0.1, 0.15) is 0 Å². The smallest absolute Gasteiger partial charge is 0.178 e. The van der Waals surface area contributed by atoms with E-state index in [1.165, 1.54) is 0 Å². The van der Waals surface area contributed by atoms with Crippen LogP contribution in [-0.4, -0.2) is 33.4 Å². The van der Waals surface area contributed by atoms with E-state index in [0.717, 1.165) is 4.47 Å². The Labute approximate surface area is 117 Å². The van der Waals surface area contributed by atoms with E-state index in [1.807, 2.05) is 6.92 Å². The number of halogens is 1. The summed E-state index contributed by atoms with van der Waals surface area (Å²) in [5.41, 5.74) is 5.52. The van der Waals surface area contributed by atoms with Crippen molar-refractivity contribution in [3.8, 4) is 0 Å². The number of sulfone groups is 1. The van der Waals surface area contributed by atoms with Crippen LogP contribution in [0.15, 0.2) is 33.6 Å².